The van der Waals surface area contributed by atoms with Crippen molar-refractivity contribution in [3.63, 3.8) is 0 Å². The maximum absolute atomic E-state index is 13.7. The van der Waals surface area contributed by atoms with Gasteiger partial charge in [0.05, 0.1) is 0 Å². The minimum absolute atomic E-state index is 0.520. The molecule has 0 unspecified atom stereocenters. The van der Waals surface area contributed by atoms with E-state index in [0.29, 0.717) is 5.69 Å². The summed E-state index contributed by atoms with van der Waals surface area (Å²) in [5, 5.41) is 2.58. The Morgan fingerprint density at radius 3 is 2.31 bits per heavy atom. The van der Waals surface area contributed by atoms with Gasteiger partial charge in [-0.1, -0.05) is 13.0 Å². The van der Waals surface area contributed by atoms with Crippen molar-refractivity contribution in [3.8, 4) is 0 Å². The predicted octanol–water partition coefficient (Wildman–Crippen LogP) is 3.67. The monoisotopic (exact) mass is 359 g/mol. The number of amides is 1. The van der Waals surface area contributed by atoms with Gasteiger partial charge in [0.1, 0.15) is 17.2 Å². The van der Waals surface area contributed by atoms with Crippen molar-refractivity contribution < 1.29 is 13.6 Å². The maximum atomic E-state index is 13.7. The topological polar surface area (TPSA) is 35.6 Å². The second-order valence-corrected chi connectivity index (χ2v) is 6.47. The predicted molar refractivity (Wildman–Crippen MR) is 99.8 cm³/mol. The minimum atomic E-state index is -0.871. The first-order valence-corrected chi connectivity index (χ1v) is 8.83. The van der Waals surface area contributed by atoms with E-state index >= 15 is 0 Å². The third-order valence-electron chi connectivity index (χ3n) is 4.80. The molecule has 0 bridgehead atoms. The molecule has 0 aromatic heterocycles. The summed E-state index contributed by atoms with van der Waals surface area (Å²) in [6.07, 6.45) is 0. The van der Waals surface area contributed by atoms with Gasteiger partial charge in [0.25, 0.3) is 5.91 Å². The Hall–Kier alpha value is -2.47. The van der Waals surface area contributed by atoms with E-state index in [1.54, 1.807) is 6.07 Å². The number of likely N-dealkylation sites (N-methyl/N-ethyl adjacent to an activating group) is 1. The summed E-state index contributed by atoms with van der Waals surface area (Å²) >= 11 is 0. The van der Waals surface area contributed by atoms with Crippen molar-refractivity contribution in [3.05, 3.63) is 59.2 Å². The number of carbonyl (C=O) groups is 1. The molecular formula is C20H23F2N3O. The second-order valence-electron chi connectivity index (χ2n) is 6.47. The Kier molecular flexibility index (Phi) is 5.52. The molecule has 4 nitrogen and oxygen atoms in total. The van der Waals surface area contributed by atoms with Crippen LogP contribution in [0.3, 0.4) is 0 Å². The van der Waals surface area contributed by atoms with Gasteiger partial charge >= 0.3 is 0 Å². The summed E-state index contributed by atoms with van der Waals surface area (Å²) in [5.41, 5.74) is 2.09. The second kappa shape index (κ2) is 7.83. The van der Waals surface area contributed by atoms with E-state index in [-0.39, 0.29) is 0 Å². The van der Waals surface area contributed by atoms with Gasteiger partial charge in [0.2, 0.25) is 0 Å². The molecule has 1 aliphatic heterocycles. The number of nitrogens with one attached hydrogen (secondary N) is 1. The quantitative estimate of drug-likeness (QED) is 0.905. The number of aryl methyl sites for hydroxylation is 1. The molecule has 26 heavy (non-hydrogen) atoms. The van der Waals surface area contributed by atoms with Crippen molar-refractivity contribution in [1.29, 1.82) is 0 Å². The van der Waals surface area contributed by atoms with Crippen LogP contribution in [0.5, 0.6) is 0 Å². The average Bonchev–Trinajstić information content (AvgIpc) is 2.62. The van der Waals surface area contributed by atoms with Crippen LogP contribution in [0.2, 0.25) is 0 Å². The third-order valence-corrected chi connectivity index (χ3v) is 4.80. The fourth-order valence-corrected chi connectivity index (χ4v) is 3.30. The minimum Gasteiger partial charge on any atom is -0.369 e. The fourth-order valence-electron chi connectivity index (χ4n) is 3.30. The van der Waals surface area contributed by atoms with Crippen LogP contribution in [0.1, 0.15) is 22.8 Å². The zero-order chi connectivity index (χ0) is 18.7. The smallest absolute Gasteiger partial charge is 0.261 e. The summed E-state index contributed by atoms with van der Waals surface area (Å²) in [6, 6.07) is 8.93. The van der Waals surface area contributed by atoms with E-state index in [1.165, 1.54) is 6.07 Å². The van der Waals surface area contributed by atoms with Crippen LogP contribution in [0.25, 0.3) is 0 Å². The Morgan fingerprint density at radius 2 is 1.73 bits per heavy atom. The molecular weight excluding hydrogens is 336 g/mol. The number of benzene rings is 2. The van der Waals surface area contributed by atoms with Crippen LogP contribution in [0.4, 0.5) is 20.2 Å². The zero-order valence-electron chi connectivity index (χ0n) is 15.1. The number of carbonyl (C=O) groups excluding carboxylic acids is 1. The first-order valence-electron chi connectivity index (χ1n) is 8.83. The van der Waals surface area contributed by atoms with Gasteiger partial charge in [-0.05, 0) is 49.4 Å². The van der Waals surface area contributed by atoms with Crippen molar-refractivity contribution in [2.24, 2.45) is 0 Å². The summed E-state index contributed by atoms with van der Waals surface area (Å²) in [5.74, 6) is -2.53. The van der Waals surface area contributed by atoms with E-state index in [4.69, 9.17) is 0 Å². The fraction of sp³-hybridized carbons (Fsp3) is 0.350. The molecule has 0 spiro atoms. The van der Waals surface area contributed by atoms with Gasteiger partial charge in [-0.3, -0.25) is 4.79 Å². The van der Waals surface area contributed by atoms with Gasteiger partial charge in [-0.2, -0.15) is 0 Å². The lowest BCUT2D eigenvalue weighted by molar-refractivity contribution is 0.101. The number of piperazine rings is 1. The van der Waals surface area contributed by atoms with Crippen LogP contribution < -0.4 is 10.2 Å². The number of rotatable bonds is 4. The Bertz CT molecular complexity index is 781. The number of halogens is 2. The first kappa shape index (κ1) is 18.3. The summed E-state index contributed by atoms with van der Waals surface area (Å²) in [4.78, 5) is 16.9. The van der Waals surface area contributed by atoms with Gasteiger partial charge < -0.3 is 15.1 Å². The van der Waals surface area contributed by atoms with Crippen LogP contribution >= 0.6 is 0 Å². The van der Waals surface area contributed by atoms with Crippen molar-refractivity contribution in [1.82, 2.24) is 4.90 Å². The molecule has 0 saturated carbocycles. The zero-order valence-corrected chi connectivity index (χ0v) is 15.1. The molecule has 1 amide bonds. The van der Waals surface area contributed by atoms with E-state index in [9.17, 15) is 13.6 Å². The summed E-state index contributed by atoms with van der Waals surface area (Å²) in [6.45, 7) is 9.17. The summed E-state index contributed by atoms with van der Waals surface area (Å²) < 4.78 is 27.5. The molecule has 0 atom stereocenters. The van der Waals surface area contributed by atoms with Gasteiger partial charge in [0, 0.05) is 37.6 Å². The molecule has 0 aliphatic carbocycles. The lowest BCUT2D eigenvalue weighted by atomic mass is 10.1. The van der Waals surface area contributed by atoms with Crippen LogP contribution in [-0.4, -0.2) is 43.5 Å². The van der Waals surface area contributed by atoms with Gasteiger partial charge in [-0.25, -0.2) is 8.78 Å². The van der Waals surface area contributed by atoms with Crippen LogP contribution in [-0.2, 0) is 0 Å². The van der Waals surface area contributed by atoms with Crippen molar-refractivity contribution in [2.45, 2.75) is 13.8 Å². The number of hydrogen-bond donors (Lipinski definition) is 1. The standard InChI is InChI=1S/C20H23F2N3O/c1-3-24-9-11-25(12-10-24)18-8-7-15(13-14(18)2)23-20(26)19-16(21)5-4-6-17(19)22/h4-8,13H,3,9-12H2,1-2H3,(H,23,26). The molecule has 1 saturated heterocycles. The molecule has 1 N–H and O–H groups in total. The largest absolute Gasteiger partial charge is 0.369 e. The third kappa shape index (κ3) is 3.85. The summed E-state index contributed by atoms with van der Waals surface area (Å²) in [7, 11) is 0. The van der Waals surface area contributed by atoms with Crippen molar-refractivity contribution in [2.75, 3.05) is 42.9 Å². The molecule has 2 aromatic rings. The number of nitrogens with zero attached hydrogens (tertiary/aromatic N) is 2. The van der Waals surface area contributed by atoms with E-state index in [0.717, 1.165) is 56.1 Å². The van der Waals surface area contributed by atoms with E-state index < -0.39 is 23.1 Å². The van der Waals surface area contributed by atoms with E-state index in [1.807, 2.05) is 19.1 Å². The Labute approximate surface area is 152 Å². The van der Waals surface area contributed by atoms with Crippen molar-refractivity contribution >= 4 is 17.3 Å². The number of anilines is 2. The van der Waals surface area contributed by atoms with Gasteiger partial charge in [-0.15, -0.1) is 0 Å². The molecule has 1 aliphatic rings. The molecule has 138 valence electrons. The lowest BCUT2D eigenvalue weighted by Crippen LogP contribution is -2.46. The Morgan fingerprint density at radius 1 is 1.08 bits per heavy atom. The molecule has 0 radical (unpaired) electrons. The lowest BCUT2D eigenvalue weighted by Gasteiger charge is -2.36. The highest BCUT2D eigenvalue weighted by atomic mass is 19.1. The van der Waals surface area contributed by atoms with Gasteiger partial charge in [0.15, 0.2) is 0 Å². The highest BCUT2D eigenvalue weighted by Gasteiger charge is 2.19. The van der Waals surface area contributed by atoms with Crippen LogP contribution in [0.15, 0.2) is 36.4 Å². The van der Waals surface area contributed by atoms with Crippen LogP contribution in [0, 0.1) is 18.6 Å². The molecule has 6 heteroatoms. The maximum Gasteiger partial charge on any atom is 0.261 e. The first-order chi connectivity index (χ1) is 12.5. The number of hydrogen-bond acceptors (Lipinski definition) is 3. The van der Waals surface area contributed by atoms with E-state index in [2.05, 4.69) is 22.0 Å². The molecule has 1 heterocycles. The SMILES string of the molecule is CCN1CCN(c2ccc(NC(=O)c3c(F)cccc3F)cc2C)CC1. The molecule has 3 rings (SSSR count). The highest BCUT2D eigenvalue weighted by molar-refractivity contribution is 6.04. The molecule has 1 fully saturated rings. The molecule has 2 aromatic carbocycles. The average molecular weight is 359 g/mol. The highest BCUT2D eigenvalue weighted by Crippen LogP contribution is 2.25. The Balaban J connectivity index is 1.73. The normalized spacial score (nSPS) is 15.2.